The zero-order valence-electron chi connectivity index (χ0n) is 8.70. The van der Waals surface area contributed by atoms with Crippen LogP contribution >= 0.6 is 0 Å². The molecule has 0 radical (unpaired) electrons. The molecule has 1 heteroatoms. The molecule has 1 aliphatic rings. The maximum Gasteiger partial charge on any atom is 0.0513 e. The van der Waals surface area contributed by atoms with E-state index in [1.807, 2.05) is 7.05 Å². The number of likely N-dealkylation sites (N-methyl/N-ethyl adjacent to an activating group) is 1. The standard InChI is InChI=1S/C14H13N/c1-15-13-9-8-11-5-2-4-10-6-3-7-12(13)14(10)11/h2-9,13,15H,1H3. The Bertz CT molecular complexity index is 535. The Labute approximate surface area is 89.4 Å². The third-order valence-corrected chi connectivity index (χ3v) is 3.08. The van der Waals surface area contributed by atoms with Crippen molar-refractivity contribution >= 4 is 16.8 Å². The van der Waals surface area contributed by atoms with Gasteiger partial charge < -0.3 is 5.32 Å². The predicted octanol–water partition coefficient (Wildman–Crippen LogP) is 3.13. The Morgan fingerprint density at radius 2 is 1.87 bits per heavy atom. The molecule has 1 unspecified atom stereocenters. The lowest BCUT2D eigenvalue weighted by atomic mass is 9.90. The minimum Gasteiger partial charge on any atom is -0.310 e. The van der Waals surface area contributed by atoms with Gasteiger partial charge in [-0.15, -0.1) is 0 Å². The summed E-state index contributed by atoms with van der Waals surface area (Å²) in [5, 5.41) is 6.04. The summed E-state index contributed by atoms with van der Waals surface area (Å²) >= 11 is 0. The summed E-state index contributed by atoms with van der Waals surface area (Å²) in [6, 6.07) is 13.3. The van der Waals surface area contributed by atoms with Crippen molar-refractivity contribution < 1.29 is 0 Å². The van der Waals surface area contributed by atoms with Crippen LogP contribution in [0.2, 0.25) is 0 Å². The molecule has 2 aromatic rings. The fraction of sp³-hybridized carbons (Fsp3) is 0.143. The summed E-state index contributed by atoms with van der Waals surface area (Å²) in [6.45, 7) is 0. The molecule has 74 valence electrons. The van der Waals surface area contributed by atoms with E-state index in [-0.39, 0.29) is 0 Å². The molecule has 2 aromatic carbocycles. The van der Waals surface area contributed by atoms with Gasteiger partial charge in [0.05, 0.1) is 6.04 Å². The molecule has 15 heavy (non-hydrogen) atoms. The van der Waals surface area contributed by atoms with E-state index >= 15 is 0 Å². The lowest BCUT2D eigenvalue weighted by Crippen LogP contribution is -2.16. The van der Waals surface area contributed by atoms with Gasteiger partial charge in [0, 0.05) is 0 Å². The molecule has 1 nitrogen and oxygen atoms in total. The lowest BCUT2D eigenvalue weighted by Gasteiger charge is -2.20. The maximum absolute atomic E-state index is 3.32. The average molecular weight is 195 g/mol. The predicted molar refractivity (Wildman–Crippen MR) is 64.8 cm³/mol. The van der Waals surface area contributed by atoms with Crippen LogP contribution in [0.3, 0.4) is 0 Å². The maximum atomic E-state index is 3.32. The van der Waals surface area contributed by atoms with Crippen LogP contribution in [0, 0.1) is 0 Å². The van der Waals surface area contributed by atoms with Gasteiger partial charge in [0.25, 0.3) is 0 Å². The molecular weight excluding hydrogens is 182 g/mol. The molecular formula is C14H13N. The van der Waals surface area contributed by atoms with Crippen molar-refractivity contribution in [1.82, 2.24) is 5.32 Å². The van der Waals surface area contributed by atoms with Crippen LogP contribution in [0.4, 0.5) is 0 Å². The van der Waals surface area contributed by atoms with E-state index in [9.17, 15) is 0 Å². The number of hydrogen-bond acceptors (Lipinski definition) is 1. The van der Waals surface area contributed by atoms with Crippen LogP contribution in [0.1, 0.15) is 17.2 Å². The number of nitrogens with one attached hydrogen (secondary N) is 1. The summed E-state index contributed by atoms with van der Waals surface area (Å²) in [6.07, 6.45) is 4.42. The highest BCUT2D eigenvalue weighted by atomic mass is 14.9. The zero-order chi connectivity index (χ0) is 10.3. The molecule has 1 N–H and O–H groups in total. The number of hydrogen-bond donors (Lipinski definition) is 1. The van der Waals surface area contributed by atoms with Gasteiger partial charge in [0.1, 0.15) is 0 Å². The normalized spacial score (nSPS) is 18.3. The molecule has 1 aliphatic carbocycles. The van der Waals surface area contributed by atoms with E-state index < -0.39 is 0 Å². The highest BCUT2D eigenvalue weighted by Gasteiger charge is 2.14. The number of rotatable bonds is 1. The SMILES string of the molecule is CNC1C=Cc2cccc3cccc1c23. The van der Waals surface area contributed by atoms with E-state index in [0.29, 0.717) is 6.04 Å². The summed E-state index contributed by atoms with van der Waals surface area (Å²) in [4.78, 5) is 0. The lowest BCUT2D eigenvalue weighted by molar-refractivity contribution is 0.720. The summed E-state index contributed by atoms with van der Waals surface area (Å²) < 4.78 is 0. The van der Waals surface area contributed by atoms with Gasteiger partial charge in [-0.1, -0.05) is 48.6 Å². The largest absolute Gasteiger partial charge is 0.310 e. The van der Waals surface area contributed by atoms with Crippen LogP contribution < -0.4 is 5.32 Å². The van der Waals surface area contributed by atoms with E-state index in [1.165, 1.54) is 21.9 Å². The molecule has 0 saturated carbocycles. The summed E-state index contributed by atoms with van der Waals surface area (Å²) in [5.41, 5.74) is 2.71. The molecule has 0 amide bonds. The molecule has 0 aliphatic heterocycles. The molecule has 0 saturated heterocycles. The smallest absolute Gasteiger partial charge is 0.0513 e. The van der Waals surface area contributed by atoms with Crippen molar-refractivity contribution in [1.29, 1.82) is 0 Å². The molecule has 1 atom stereocenters. The van der Waals surface area contributed by atoms with E-state index in [4.69, 9.17) is 0 Å². The molecule has 0 heterocycles. The molecule has 0 aromatic heterocycles. The van der Waals surface area contributed by atoms with Crippen LogP contribution in [0.25, 0.3) is 16.8 Å². The topological polar surface area (TPSA) is 12.0 Å². The molecule has 0 fully saturated rings. The van der Waals surface area contributed by atoms with Crippen LogP contribution in [0.15, 0.2) is 42.5 Å². The zero-order valence-corrected chi connectivity index (χ0v) is 8.70. The van der Waals surface area contributed by atoms with E-state index in [2.05, 4.69) is 53.9 Å². The Morgan fingerprint density at radius 3 is 2.67 bits per heavy atom. The Balaban J connectivity index is 2.41. The van der Waals surface area contributed by atoms with Crippen molar-refractivity contribution in [2.45, 2.75) is 6.04 Å². The Kier molecular flexibility index (Phi) is 1.86. The van der Waals surface area contributed by atoms with Crippen molar-refractivity contribution in [2.75, 3.05) is 7.05 Å². The van der Waals surface area contributed by atoms with Crippen molar-refractivity contribution in [2.24, 2.45) is 0 Å². The van der Waals surface area contributed by atoms with E-state index in [1.54, 1.807) is 0 Å². The fourth-order valence-electron chi connectivity index (χ4n) is 2.35. The second kappa shape index (κ2) is 3.21. The Morgan fingerprint density at radius 1 is 1.07 bits per heavy atom. The third-order valence-electron chi connectivity index (χ3n) is 3.08. The monoisotopic (exact) mass is 195 g/mol. The minimum atomic E-state index is 0.351. The van der Waals surface area contributed by atoms with Gasteiger partial charge in [-0.3, -0.25) is 0 Å². The van der Waals surface area contributed by atoms with E-state index in [0.717, 1.165) is 0 Å². The highest BCUT2D eigenvalue weighted by molar-refractivity contribution is 5.95. The van der Waals surface area contributed by atoms with Gasteiger partial charge in [-0.2, -0.15) is 0 Å². The van der Waals surface area contributed by atoms with Gasteiger partial charge in [-0.25, -0.2) is 0 Å². The van der Waals surface area contributed by atoms with Gasteiger partial charge >= 0.3 is 0 Å². The second-order valence-electron chi connectivity index (χ2n) is 3.92. The molecule has 0 spiro atoms. The Hall–Kier alpha value is -1.60. The van der Waals surface area contributed by atoms with Crippen LogP contribution in [-0.2, 0) is 0 Å². The first-order chi connectivity index (χ1) is 7.40. The van der Waals surface area contributed by atoms with Crippen molar-refractivity contribution in [3.05, 3.63) is 53.6 Å². The molecule has 0 bridgehead atoms. The van der Waals surface area contributed by atoms with Crippen molar-refractivity contribution in [3.8, 4) is 0 Å². The highest BCUT2D eigenvalue weighted by Crippen LogP contribution is 2.32. The fourth-order valence-corrected chi connectivity index (χ4v) is 2.35. The molecule has 3 rings (SSSR count). The van der Waals surface area contributed by atoms with Gasteiger partial charge in [0.2, 0.25) is 0 Å². The number of benzene rings is 2. The first-order valence-corrected chi connectivity index (χ1v) is 5.27. The second-order valence-corrected chi connectivity index (χ2v) is 3.92. The average Bonchev–Trinajstić information content (AvgIpc) is 2.30. The van der Waals surface area contributed by atoms with Gasteiger partial charge in [0.15, 0.2) is 0 Å². The van der Waals surface area contributed by atoms with Crippen LogP contribution in [0.5, 0.6) is 0 Å². The van der Waals surface area contributed by atoms with Gasteiger partial charge in [-0.05, 0) is 28.9 Å². The summed E-state index contributed by atoms with van der Waals surface area (Å²) in [7, 11) is 2.00. The summed E-state index contributed by atoms with van der Waals surface area (Å²) in [5.74, 6) is 0. The first kappa shape index (κ1) is 8.69. The van der Waals surface area contributed by atoms with Crippen molar-refractivity contribution in [3.63, 3.8) is 0 Å². The quantitative estimate of drug-likeness (QED) is 0.737. The minimum absolute atomic E-state index is 0.351. The third kappa shape index (κ3) is 1.20. The first-order valence-electron chi connectivity index (χ1n) is 5.27. The van der Waals surface area contributed by atoms with Crippen LogP contribution in [-0.4, -0.2) is 7.05 Å².